The highest BCUT2D eigenvalue weighted by molar-refractivity contribution is 5.30. The minimum absolute atomic E-state index is 0.0505. The van der Waals surface area contributed by atoms with Crippen molar-refractivity contribution < 1.29 is 9.84 Å². The predicted octanol–water partition coefficient (Wildman–Crippen LogP) is 4.60. The quantitative estimate of drug-likeness (QED) is 0.611. The van der Waals surface area contributed by atoms with Gasteiger partial charge in [0.1, 0.15) is 5.75 Å². The van der Waals surface area contributed by atoms with E-state index in [0.717, 1.165) is 44.0 Å². The first-order valence-electron chi connectivity index (χ1n) is 11.0. The number of benzene rings is 3. The van der Waals surface area contributed by atoms with Gasteiger partial charge < -0.3 is 9.84 Å². The molecule has 1 saturated heterocycles. The minimum atomic E-state index is -0.559. The van der Waals surface area contributed by atoms with Crippen LogP contribution in [0.2, 0.25) is 0 Å². The Morgan fingerprint density at radius 3 is 2.16 bits per heavy atom. The third-order valence-corrected chi connectivity index (χ3v) is 6.19. The van der Waals surface area contributed by atoms with E-state index >= 15 is 0 Å². The average molecular weight is 417 g/mol. The monoisotopic (exact) mass is 416 g/mol. The Kier molecular flexibility index (Phi) is 7.03. The summed E-state index contributed by atoms with van der Waals surface area (Å²) in [6.07, 6.45) is -0.559. The molecule has 0 amide bonds. The van der Waals surface area contributed by atoms with Crippen molar-refractivity contribution in [3.63, 3.8) is 0 Å². The summed E-state index contributed by atoms with van der Waals surface area (Å²) < 4.78 is 5.26. The van der Waals surface area contributed by atoms with E-state index in [1.165, 1.54) is 16.7 Å². The molecule has 0 aromatic heterocycles. The van der Waals surface area contributed by atoms with Gasteiger partial charge in [-0.1, -0.05) is 72.3 Å². The third-order valence-electron chi connectivity index (χ3n) is 6.19. The Hall–Kier alpha value is -2.66. The number of nitrogens with zero attached hydrogens (tertiary/aromatic N) is 2. The summed E-state index contributed by atoms with van der Waals surface area (Å²) in [5, 5.41) is 11.4. The van der Waals surface area contributed by atoms with Gasteiger partial charge in [-0.15, -0.1) is 0 Å². The van der Waals surface area contributed by atoms with E-state index in [-0.39, 0.29) is 6.04 Å². The highest BCUT2D eigenvalue weighted by atomic mass is 16.5. The second kappa shape index (κ2) is 10.1. The topological polar surface area (TPSA) is 35.9 Å². The number of aryl methyl sites for hydroxylation is 1. The van der Waals surface area contributed by atoms with Gasteiger partial charge in [0, 0.05) is 32.7 Å². The first kappa shape index (κ1) is 21.6. The van der Waals surface area contributed by atoms with Gasteiger partial charge in [0.05, 0.1) is 19.3 Å². The van der Waals surface area contributed by atoms with Crippen molar-refractivity contribution in [2.24, 2.45) is 0 Å². The maximum Gasteiger partial charge on any atom is 0.118 e. The van der Waals surface area contributed by atoms with Gasteiger partial charge >= 0.3 is 0 Å². The lowest BCUT2D eigenvalue weighted by molar-refractivity contribution is 0.0148. The molecule has 0 saturated carbocycles. The summed E-state index contributed by atoms with van der Waals surface area (Å²) in [5.41, 5.74) is 4.67. The van der Waals surface area contributed by atoms with Crippen LogP contribution in [-0.4, -0.2) is 48.2 Å². The fourth-order valence-electron chi connectivity index (χ4n) is 4.47. The first-order chi connectivity index (χ1) is 15.1. The van der Waals surface area contributed by atoms with Gasteiger partial charge in [-0.25, -0.2) is 0 Å². The normalized spacial score (nSPS) is 17.3. The Labute approximate surface area is 185 Å². The summed E-state index contributed by atoms with van der Waals surface area (Å²) >= 11 is 0. The molecule has 1 fully saturated rings. The van der Waals surface area contributed by atoms with Crippen LogP contribution in [0.5, 0.6) is 5.75 Å². The zero-order valence-corrected chi connectivity index (χ0v) is 18.4. The second-order valence-electron chi connectivity index (χ2n) is 8.37. The van der Waals surface area contributed by atoms with E-state index in [0.29, 0.717) is 0 Å². The lowest BCUT2D eigenvalue weighted by atomic mass is 9.93. The number of rotatable bonds is 7. The van der Waals surface area contributed by atoms with Crippen molar-refractivity contribution in [3.05, 3.63) is 101 Å². The predicted molar refractivity (Wildman–Crippen MR) is 125 cm³/mol. The van der Waals surface area contributed by atoms with Crippen LogP contribution >= 0.6 is 0 Å². The molecule has 3 aromatic rings. The molecular formula is C27H32N2O2. The number of aliphatic hydroxyl groups excluding tert-OH is 1. The summed E-state index contributed by atoms with van der Waals surface area (Å²) in [6, 6.07) is 26.9. The van der Waals surface area contributed by atoms with Crippen molar-refractivity contribution in [3.8, 4) is 5.75 Å². The van der Waals surface area contributed by atoms with E-state index in [1.807, 2.05) is 42.5 Å². The standard InChI is InChI=1S/C27H32N2O2/c1-21-7-6-10-24(19-21)26(27(30)23-8-4-3-5-9-23)29-17-15-28(16-18-29)20-22-11-13-25(31-2)14-12-22/h3-14,19,26-27,30H,15-18,20H2,1-2H3. The number of hydrogen-bond donors (Lipinski definition) is 1. The van der Waals surface area contributed by atoms with Gasteiger partial charge in [-0.3, -0.25) is 9.80 Å². The largest absolute Gasteiger partial charge is 0.497 e. The number of aliphatic hydroxyl groups is 1. The maximum absolute atomic E-state index is 11.4. The van der Waals surface area contributed by atoms with E-state index in [9.17, 15) is 5.11 Å². The average Bonchev–Trinajstić information content (AvgIpc) is 2.81. The van der Waals surface area contributed by atoms with Crippen LogP contribution in [-0.2, 0) is 6.54 Å². The van der Waals surface area contributed by atoms with Crippen LogP contribution < -0.4 is 4.74 Å². The second-order valence-corrected chi connectivity index (χ2v) is 8.37. The van der Waals surface area contributed by atoms with Crippen molar-refractivity contribution >= 4 is 0 Å². The van der Waals surface area contributed by atoms with Gasteiger partial charge in [0.25, 0.3) is 0 Å². The van der Waals surface area contributed by atoms with Crippen LogP contribution in [0.3, 0.4) is 0 Å². The minimum Gasteiger partial charge on any atom is -0.497 e. The van der Waals surface area contributed by atoms with Crippen molar-refractivity contribution in [1.29, 1.82) is 0 Å². The van der Waals surface area contributed by atoms with Gasteiger partial charge in [-0.05, 0) is 35.7 Å². The molecule has 1 heterocycles. The van der Waals surface area contributed by atoms with Crippen molar-refractivity contribution in [1.82, 2.24) is 9.80 Å². The number of hydrogen-bond acceptors (Lipinski definition) is 4. The molecule has 0 radical (unpaired) electrons. The van der Waals surface area contributed by atoms with Crippen LogP contribution in [0.1, 0.15) is 34.4 Å². The Balaban J connectivity index is 1.47. The molecule has 2 unspecified atom stereocenters. The van der Waals surface area contributed by atoms with Crippen LogP contribution in [0, 0.1) is 6.92 Å². The number of piperazine rings is 1. The summed E-state index contributed by atoms with van der Waals surface area (Å²) in [6.45, 7) is 6.87. The fraction of sp³-hybridized carbons (Fsp3) is 0.333. The molecule has 162 valence electrons. The summed E-state index contributed by atoms with van der Waals surface area (Å²) in [7, 11) is 1.70. The molecule has 0 spiro atoms. The van der Waals surface area contributed by atoms with Crippen molar-refractivity contribution in [2.75, 3.05) is 33.3 Å². The van der Waals surface area contributed by atoms with Gasteiger partial charge in [0.15, 0.2) is 0 Å². The molecule has 1 aliphatic heterocycles. The molecule has 4 nitrogen and oxygen atoms in total. The number of ether oxygens (including phenoxy) is 1. The highest BCUT2D eigenvalue weighted by Crippen LogP contribution is 2.35. The SMILES string of the molecule is COc1ccc(CN2CCN(C(c3cccc(C)c3)C(O)c3ccccc3)CC2)cc1. The zero-order chi connectivity index (χ0) is 21.6. The maximum atomic E-state index is 11.4. The van der Waals surface area contributed by atoms with E-state index in [2.05, 4.69) is 53.1 Å². The molecule has 0 aliphatic carbocycles. The van der Waals surface area contributed by atoms with Gasteiger partial charge in [-0.2, -0.15) is 0 Å². The Morgan fingerprint density at radius 2 is 1.52 bits per heavy atom. The molecule has 4 rings (SSSR count). The van der Waals surface area contributed by atoms with E-state index < -0.39 is 6.10 Å². The molecule has 2 atom stereocenters. The smallest absolute Gasteiger partial charge is 0.118 e. The Morgan fingerprint density at radius 1 is 0.839 bits per heavy atom. The molecular weight excluding hydrogens is 384 g/mol. The van der Waals surface area contributed by atoms with Crippen LogP contribution in [0.4, 0.5) is 0 Å². The van der Waals surface area contributed by atoms with E-state index in [1.54, 1.807) is 7.11 Å². The van der Waals surface area contributed by atoms with Crippen LogP contribution in [0.25, 0.3) is 0 Å². The van der Waals surface area contributed by atoms with E-state index in [4.69, 9.17) is 4.74 Å². The van der Waals surface area contributed by atoms with Gasteiger partial charge in [0.2, 0.25) is 0 Å². The zero-order valence-electron chi connectivity index (χ0n) is 18.4. The molecule has 31 heavy (non-hydrogen) atoms. The third kappa shape index (κ3) is 5.34. The van der Waals surface area contributed by atoms with Crippen molar-refractivity contribution in [2.45, 2.75) is 25.6 Å². The number of methoxy groups -OCH3 is 1. The summed E-state index contributed by atoms with van der Waals surface area (Å²) in [5.74, 6) is 0.893. The molecule has 0 bridgehead atoms. The molecule has 4 heteroatoms. The Bertz CT molecular complexity index is 950. The lowest BCUT2D eigenvalue weighted by Crippen LogP contribution is -2.48. The molecule has 1 aliphatic rings. The molecule has 3 aromatic carbocycles. The fourth-order valence-corrected chi connectivity index (χ4v) is 4.47. The highest BCUT2D eigenvalue weighted by Gasteiger charge is 2.31. The summed E-state index contributed by atoms with van der Waals surface area (Å²) in [4.78, 5) is 4.93. The van der Waals surface area contributed by atoms with Crippen LogP contribution in [0.15, 0.2) is 78.9 Å². The first-order valence-corrected chi connectivity index (χ1v) is 11.0. The lowest BCUT2D eigenvalue weighted by Gasteiger charge is -2.41. The molecule has 1 N–H and O–H groups in total.